The van der Waals surface area contributed by atoms with Crippen molar-refractivity contribution in [3.63, 3.8) is 0 Å². The summed E-state index contributed by atoms with van der Waals surface area (Å²) in [5, 5.41) is 8.30. The molecule has 0 unspecified atom stereocenters. The molecule has 3 heterocycles. The predicted molar refractivity (Wildman–Crippen MR) is 100 cm³/mol. The van der Waals surface area contributed by atoms with E-state index >= 15 is 0 Å². The van der Waals surface area contributed by atoms with Crippen LogP contribution in [0.15, 0.2) is 47.1 Å². The van der Waals surface area contributed by atoms with E-state index in [1.165, 1.54) is 0 Å². The lowest BCUT2D eigenvalue weighted by Crippen LogP contribution is -2.28. The van der Waals surface area contributed by atoms with Gasteiger partial charge < -0.3 is 18.8 Å². The first kappa shape index (κ1) is 18.0. The number of nitrogens with zero attached hydrogens (tertiary/aromatic N) is 4. The molecule has 4 rings (SSSR count). The molecule has 1 fully saturated rings. The second-order valence-corrected chi connectivity index (χ2v) is 6.49. The number of benzene rings is 1. The number of hydrogen-bond acceptors (Lipinski definition) is 7. The lowest BCUT2D eigenvalue weighted by molar-refractivity contribution is 0.0789. The van der Waals surface area contributed by atoms with Crippen molar-refractivity contribution in [3.8, 4) is 23.0 Å². The van der Waals surface area contributed by atoms with E-state index in [4.69, 9.17) is 13.9 Å². The number of methoxy groups -OCH3 is 2. The first-order chi connectivity index (χ1) is 13.7. The van der Waals surface area contributed by atoms with Crippen LogP contribution in [0.25, 0.3) is 11.5 Å². The summed E-state index contributed by atoms with van der Waals surface area (Å²) in [7, 11) is 3.11. The van der Waals surface area contributed by atoms with Crippen molar-refractivity contribution in [2.75, 3.05) is 27.3 Å². The highest BCUT2D eigenvalue weighted by Gasteiger charge is 2.31. The molecular formula is C20H20N4O4. The largest absolute Gasteiger partial charge is 0.493 e. The molecule has 0 saturated carbocycles. The van der Waals surface area contributed by atoms with Crippen LogP contribution in [0.3, 0.4) is 0 Å². The molecule has 1 amide bonds. The molecular weight excluding hydrogens is 360 g/mol. The van der Waals surface area contributed by atoms with Crippen LogP contribution in [-0.2, 0) is 0 Å². The Morgan fingerprint density at radius 3 is 2.64 bits per heavy atom. The van der Waals surface area contributed by atoms with Crippen molar-refractivity contribution in [1.82, 2.24) is 20.1 Å². The van der Waals surface area contributed by atoms with E-state index in [-0.39, 0.29) is 11.8 Å². The molecule has 0 aliphatic carbocycles. The molecule has 28 heavy (non-hydrogen) atoms. The lowest BCUT2D eigenvalue weighted by Gasteiger charge is -2.17. The van der Waals surface area contributed by atoms with Gasteiger partial charge in [-0.25, -0.2) is 0 Å². The third-order valence-corrected chi connectivity index (χ3v) is 4.82. The number of hydrogen-bond donors (Lipinski definition) is 0. The fourth-order valence-electron chi connectivity index (χ4n) is 3.31. The summed E-state index contributed by atoms with van der Waals surface area (Å²) in [6, 6.07) is 8.81. The molecule has 1 atom stereocenters. The van der Waals surface area contributed by atoms with Crippen LogP contribution in [0.5, 0.6) is 11.5 Å². The number of likely N-dealkylation sites (tertiary alicyclic amines) is 1. The Balaban J connectivity index is 1.47. The van der Waals surface area contributed by atoms with Crippen LogP contribution in [-0.4, -0.2) is 53.3 Å². The van der Waals surface area contributed by atoms with Gasteiger partial charge in [-0.05, 0) is 36.8 Å². The van der Waals surface area contributed by atoms with Gasteiger partial charge in [0, 0.05) is 36.6 Å². The van der Waals surface area contributed by atoms with E-state index in [0.29, 0.717) is 41.9 Å². The SMILES string of the molecule is COc1ccc(C(=O)N2CC[C@H](c3nnc(-c4ccncc4)o3)C2)cc1OC. The predicted octanol–water partition coefficient (Wildman–Crippen LogP) is 2.78. The number of rotatable bonds is 5. The van der Waals surface area contributed by atoms with Gasteiger partial charge in [0.25, 0.3) is 5.91 Å². The molecule has 8 heteroatoms. The van der Waals surface area contributed by atoms with Gasteiger partial charge in [-0.2, -0.15) is 0 Å². The molecule has 3 aromatic rings. The van der Waals surface area contributed by atoms with Gasteiger partial charge in [-0.15, -0.1) is 10.2 Å². The van der Waals surface area contributed by atoms with Crippen molar-refractivity contribution >= 4 is 5.91 Å². The molecule has 1 saturated heterocycles. The van der Waals surface area contributed by atoms with Crippen molar-refractivity contribution in [2.45, 2.75) is 12.3 Å². The minimum atomic E-state index is -0.0580. The zero-order valence-electron chi connectivity index (χ0n) is 15.7. The number of amides is 1. The standard InChI is InChI=1S/C20H20N4O4/c1-26-16-4-3-14(11-17(16)27-2)20(25)24-10-7-15(12-24)19-23-22-18(28-19)13-5-8-21-9-6-13/h3-6,8-9,11,15H,7,10,12H2,1-2H3/t15-/m0/s1. The Morgan fingerprint density at radius 2 is 1.89 bits per heavy atom. The summed E-state index contributed by atoms with van der Waals surface area (Å²) in [5.41, 5.74) is 1.38. The normalized spacial score (nSPS) is 16.2. The Hall–Kier alpha value is -3.42. The lowest BCUT2D eigenvalue weighted by atomic mass is 10.1. The highest BCUT2D eigenvalue weighted by molar-refractivity contribution is 5.95. The molecule has 1 aliphatic rings. The highest BCUT2D eigenvalue weighted by Crippen LogP contribution is 2.31. The summed E-state index contributed by atoms with van der Waals surface area (Å²) in [6.07, 6.45) is 4.13. The average molecular weight is 380 g/mol. The molecule has 0 N–H and O–H groups in total. The maximum Gasteiger partial charge on any atom is 0.254 e. The van der Waals surface area contributed by atoms with E-state index in [2.05, 4.69) is 15.2 Å². The highest BCUT2D eigenvalue weighted by atomic mass is 16.5. The Labute approximate surface area is 162 Å². The molecule has 0 radical (unpaired) electrons. The second-order valence-electron chi connectivity index (χ2n) is 6.49. The number of aromatic nitrogens is 3. The Morgan fingerprint density at radius 1 is 1.11 bits per heavy atom. The first-order valence-electron chi connectivity index (χ1n) is 8.94. The van der Waals surface area contributed by atoms with Crippen LogP contribution >= 0.6 is 0 Å². The van der Waals surface area contributed by atoms with Crippen molar-refractivity contribution < 1.29 is 18.7 Å². The second kappa shape index (κ2) is 7.67. The third-order valence-electron chi connectivity index (χ3n) is 4.82. The summed E-state index contributed by atoms with van der Waals surface area (Å²) >= 11 is 0. The van der Waals surface area contributed by atoms with E-state index in [9.17, 15) is 4.79 Å². The fraction of sp³-hybridized carbons (Fsp3) is 0.300. The van der Waals surface area contributed by atoms with Crippen molar-refractivity contribution in [2.24, 2.45) is 0 Å². The maximum absolute atomic E-state index is 12.9. The van der Waals surface area contributed by atoms with Gasteiger partial charge in [0.1, 0.15) is 0 Å². The van der Waals surface area contributed by atoms with Crippen LogP contribution in [0.4, 0.5) is 0 Å². The van der Waals surface area contributed by atoms with Crippen LogP contribution in [0, 0.1) is 0 Å². The minimum absolute atomic E-state index is 0.0205. The first-order valence-corrected chi connectivity index (χ1v) is 8.94. The van der Waals surface area contributed by atoms with Gasteiger partial charge in [-0.1, -0.05) is 0 Å². The van der Waals surface area contributed by atoms with Gasteiger partial charge in [0.05, 0.1) is 20.1 Å². The zero-order valence-corrected chi connectivity index (χ0v) is 15.7. The molecule has 1 aliphatic heterocycles. The Bertz CT molecular complexity index is 973. The van der Waals surface area contributed by atoms with Crippen LogP contribution < -0.4 is 9.47 Å². The Kier molecular flexibility index (Phi) is 4.92. The topological polar surface area (TPSA) is 90.6 Å². The van der Waals surface area contributed by atoms with Crippen molar-refractivity contribution in [3.05, 3.63) is 54.2 Å². The minimum Gasteiger partial charge on any atom is -0.493 e. The summed E-state index contributed by atoms with van der Waals surface area (Å²) < 4.78 is 16.3. The van der Waals surface area contributed by atoms with E-state index in [1.807, 2.05) is 12.1 Å². The maximum atomic E-state index is 12.9. The third kappa shape index (κ3) is 3.40. The van der Waals surface area contributed by atoms with Gasteiger partial charge >= 0.3 is 0 Å². The number of ether oxygens (including phenoxy) is 2. The smallest absolute Gasteiger partial charge is 0.254 e. The zero-order chi connectivity index (χ0) is 19.5. The fourth-order valence-corrected chi connectivity index (χ4v) is 3.31. The molecule has 144 valence electrons. The van der Waals surface area contributed by atoms with Gasteiger partial charge in [0.2, 0.25) is 11.8 Å². The number of pyridine rings is 1. The summed E-state index contributed by atoms with van der Waals surface area (Å²) in [4.78, 5) is 18.7. The number of carbonyl (C=O) groups is 1. The summed E-state index contributed by atoms with van der Waals surface area (Å²) in [6.45, 7) is 1.16. The quantitative estimate of drug-likeness (QED) is 0.672. The molecule has 0 spiro atoms. The number of carbonyl (C=O) groups excluding carboxylic acids is 1. The monoisotopic (exact) mass is 380 g/mol. The molecule has 1 aromatic carbocycles. The molecule has 2 aromatic heterocycles. The summed E-state index contributed by atoms with van der Waals surface area (Å²) in [5.74, 6) is 2.09. The van der Waals surface area contributed by atoms with E-state index in [0.717, 1.165) is 12.0 Å². The van der Waals surface area contributed by atoms with Gasteiger partial charge in [-0.3, -0.25) is 9.78 Å². The molecule has 0 bridgehead atoms. The van der Waals surface area contributed by atoms with E-state index in [1.54, 1.807) is 49.7 Å². The van der Waals surface area contributed by atoms with Crippen LogP contribution in [0.1, 0.15) is 28.6 Å². The van der Waals surface area contributed by atoms with Crippen LogP contribution in [0.2, 0.25) is 0 Å². The van der Waals surface area contributed by atoms with E-state index < -0.39 is 0 Å². The van der Waals surface area contributed by atoms with Gasteiger partial charge in [0.15, 0.2) is 11.5 Å². The average Bonchev–Trinajstić information content (AvgIpc) is 3.43. The molecule has 8 nitrogen and oxygen atoms in total. The van der Waals surface area contributed by atoms with Crippen molar-refractivity contribution in [1.29, 1.82) is 0 Å².